The van der Waals surface area contributed by atoms with Crippen molar-refractivity contribution in [3.8, 4) is 5.75 Å². The van der Waals surface area contributed by atoms with Crippen LogP contribution in [0.5, 0.6) is 5.75 Å². The maximum atomic E-state index is 12.8. The monoisotopic (exact) mass is 330 g/mol. The molecule has 0 aliphatic carbocycles. The van der Waals surface area contributed by atoms with E-state index in [0.717, 1.165) is 38.2 Å². The van der Waals surface area contributed by atoms with Crippen LogP contribution >= 0.6 is 0 Å². The first kappa shape index (κ1) is 16.8. The van der Waals surface area contributed by atoms with E-state index in [1.165, 1.54) is 0 Å². The summed E-state index contributed by atoms with van der Waals surface area (Å²) in [5.74, 6) is 0.647. The fourth-order valence-corrected chi connectivity index (χ4v) is 3.41. The van der Waals surface area contributed by atoms with E-state index >= 15 is 0 Å². The molecule has 1 N–H and O–H groups in total. The first-order valence-electron chi connectivity index (χ1n) is 8.77. The van der Waals surface area contributed by atoms with Crippen molar-refractivity contribution in [2.24, 2.45) is 0 Å². The number of carbonyl (C=O) groups excluding carboxylic acids is 1. The summed E-state index contributed by atoms with van der Waals surface area (Å²) >= 11 is 0. The Morgan fingerprint density at radius 2 is 2.29 bits per heavy atom. The number of rotatable bonds is 5. The van der Waals surface area contributed by atoms with E-state index in [1.807, 2.05) is 36.6 Å². The number of amides is 1. The van der Waals surface area contributed by atoms with Gasteiger partial charge in [-0.3, -0.25) is 9.20 Å². The molecule has 3 heterocycles. The Morgan fingerprint density at radius 3 is 3.04 bits per heavy atom. The molecule has 1 unspecified atom stereocenters. The molecule has 1 fully saturated rings. The maximum Gasteiger partial charge on any atom is 0.270 e. The lowest BCUT2D eigenvalue weighted by molar-refractivity contribution is 0.0899. The molecular weight excluding hydrogens is 304 g/mol. The van der Waals surface area contributed by atoms with E-state index in [4.69, 9.17) is 4.74 Å². The van der Waals surface area contributed by atoms with Crippen LogP contribution < -0.4 is 10.1 Å². The van der Waals surface area contributed by atoms with Crippen LogP contribution in [-0.4, -0.2) is 52.5 Å². The highest BCUT2D eigenvalue weighted by Gasteiger charge is 2.24. The summed E-state index contributed by atoms with van der Waals surface area (Å²) in [4.78, 5) is 19.8. The average Bonchev–Trinajstić information content (AvgIpc) is 2.92. The number of nitrogens with zero attached hydrogens (tertiary/aromatic N) is 3. The zero-order valence-corrected chi connectivity index (χ0v) is 14.7. The third-order valence-electron chi connectivity index (χ3n) is 4.59. The molecule has 3 rings (SSSR count). The zero-order chi connectivity index (χ0) is 17.1. The summed E-state index contributed by atoms with van der Waals surface area (Å²) in [5, 5.41) is 3.19. The van der Waals surface area contributed by atoms with Crippen molar-refractivity contribution < 1.29 is 9.53 Å². The van der Waals surface area contributed by atoms with Gasteiger partial charge in [-0.15, -0.1) is 0 Å². The second kappa shape index (κ2) is 7.21. The van der Waals surface area contributed by atoms with E-state index < -0.39 is 0 Å². The second-order valence-corrected chi connectivity index (χ2v) is 6.25. The van der Waals surface area contributed by atoms with Gasteiger partial charge in [0.25, 0.3) is 5.91 Å². The van der Waals surface area contributed by atoms with Gasteiger partial charge in [0.15, 0.2) is 11.4 Å². The predicted octanol–water partition coefficient (Wildman–Crippen LogP) is 2.26. The van der Waals surface area contributed by atoms with Crippen LogP contribution in [-0.2, 0) is 0 Å². The van der Waals surface area contributed by atoms with E-state index in [1.54, 1.807) is 0 Å². The number of hydrogen-bond donors (Lipinski definition) is 1. The molecule has 0 radical (unpaired) electrons. The van der Waals surface area contributed by atoms with Crippen molar-refractivity contribution >= 4 is 11.6 Å². The summed E-state index contributed by atoms with van der Waals surface area (Å²) < 4.78 is 7.45. The molecular formula is C18H26N4O2. The summed E-state index contributed by atoms with van der Waals surface area (Å²) in [5.41, 5.74) is 2.02. The lowest BCUT2D eigenvalue weighted by atomic mass is 10.1. The topological polar surface area (TPSA) is 58.9 Å². The summed E-state index contributed by atoms with van der Waals surface area (Å²) in [6.07, 6.45) is 4.02. The SMILES string of the molecule is CCOc1cccn2c(C(=O)NC3CCCN(CC)C3)c(C)nc12. The van der Waals surface area contributed by atoms with Gasteiger partial charge in [0, 0.05) is 18.8 Å². The molecule has 0 bridgehead atoms. The van der Waals surface area contributed by atoms with E-state index in [0.29, 0.717) is 23.7 Å². The minimum absolute atomic E-state index is 0.0587. The quantitative estimate of drug-likeness (QED) is 0.913. The third-order valence-corrected chi connectivity index (χ3v) is 4.59. The van der Waals surface area contributed by atoms with Crippen molar-refractivity contribution in [2.45, 2.75) is 39.7 Å². The van der Waals surface area contributed by atoms with Crippen molar-refractivity contribution in [1.82, 2.24) is 19.6 Å². The van der Waals surface area contributed by atoms with Gasteiger partial charge in [0.1, 0.15) is 5.69 Å². The standard InChI is InChI=1S/C18H26N4O2/c1-4-21-10-6-8-14(12-21)20-18(23)16-13(3)19-17-15(24-5-2)9-7-11-22(16)17/h7,9,11,14H,4-6,8,10,12H2,1-3H3,(H,20,23). The number of fused-ring (bicyclic) bond motifs is 1. The van der Waals surface area contributed by atoms with Crippen LogP contribution in [0.1, 0.15) is 42.9 Å². The van der Waals surface area contributed by atoms with Gasteiger partial charge in [-0.25, -0.2) is 4.98 Å². The Morgan fingerprint density at radius 1 is 1.46 bits per heavy atom. The van der Waals surface area contributed by atoms with Gasteiger partial charge in [-0.2, -0.15) is 0 Å². The summed E-state index contributed by atoms with van der Waals surface area (Å²) in [6.45, 7) is 9.61. The number of likely N-dealkylation sites (N-methyl/N-ethyl adjacent to an activating group) is 1. The molecule has 1 atom stereocenters. The Kier molecular flexibility index (Phi) is 5.04. The average molecular weight is 330 g/mol. The normalized spacial score (nSPS) is 18.7. The van der Waals surface area contributed by atoms with Crippen LogP contribution in [0.4, 0.5) is 0 Å². The number of likely N-dealkylation sites (tertiary alicyclic amines) is 1. The fourth-order valence-electron chi connectivity index (χ4n) is 3.41. The van der Waals surface area contributed by atoms with Gasteiger partial charge >= 0.3 is 0 Å². The van der Waals surface area contributed by atoms with Crippen LogP contribution in [0.3, 0.4) is 0 Å². The summed E-state index contributed by atoms with van der Waals surface area (Å²) in [7, 11) is 0. The molecule has 1 saturated heterocycles. The van der Waals surface area contributed by atoms with Gasteiger partial charge in [0.2, 0.25) is 0 Å². The van der Waals surface area contributed by atoms with Crippen LogP contribution in [0.25, 0.3) is 5.65 Å². The smallest absolute Gasteiger partial charge is 0.270 e. The lowest BCUT2D eigenvalue weighted by Gasteiger charge is -2.32. The lowest BCUT2D eigenvalue weighted by Crippen LogP contribution is -2.47. The van der Waals surface area contributed by atoms with Gasteiger partial charge in [0.05, 0.1) is 12.3 Å². The first-order valence-corrected chi connectivity index (χ1v) is 8.77. The fraction of sp³-hybridized carbons (Fsp3) is 0.556. The highest BCUT2D eigenvalue weighted by molar-refractivity contribution is 5.95. The molecule has 1 amide bonds. The number of nitrogens with one attached hydrogen (secondary N) is 1. The molecule has 1 aliphatic rings. The Balaban J connectivity index is 1.84. The number of piperidine rings is 1. The minimum atomic E-state index is -0.0587. The number of aromatic nitrogens is 2. The van der Waals surface area contributed by atoms with Crippen molar-refractivity contribution in [3.05, 3.63) is 29.7 Å². The Hall–Kier alpha value is -2.08. The van der Waals surface area contributed by atoms with E-state index in [2.05, 4.69) is 22.1 Å². The highest BCUT2D eigenvalue weighted by atomic mass is 16.5. The van der Waals surface area contributed by atoms with Crippen LogP contribution in [0.2, 0.25) is 0 Å². The highest BCUT2D eigenvalue weighted by Crippen LogP contribution is 2.22. The number of pyridine rings is 1. The molecule has 1 aliphatic heterocycles. The second-order valence-electron chi connectivity index (χ2n) is 6.25. The number of carbonyl (C=O) groups is 1. The molecule has 2 aromatic heterocycles. The molecule has 6 nitrogen and oxygen atoms in total. The van der Waals surface area contributed by atoms with Crippen LogP contribution in [0, 0.1) is 6.92 Å². The molecule has 0 spiro atoms. The number of aryl methyl sites for hydroxylation is 1. The minimum Gasteiger partial charge on any atom is -0.490 e. The molecule has 6 heteroatoms. The zero-order valence-electron chi connectivity index (χ0n) is 14.7. The number of ether oxygens (including phenoxy) is 1. The van der Waals surface area contributed by atoms with Gasteiger partial charge in [-0.1, -0.05) is 6.92 Å². The maximum absolute atomic E-state index is 12.8. The van der Waals surface area contributed by atoms with Gasteiger partial charge < -0.3 is 15.0 Å². The number of imidazole rings is 1. The summed E-state index contributed by atoms with van der Waals surface area (Å²) in [6, 6.07) is 3.97. The van der Waals surface area contributed by atoms with E-state index in [-0.39, 0.29) is 11.9 Å². The molecule has 2 aromatic rings. The van der Waals surface area contributed by atoms with Crippen LogP contribution in [0.15, 0.2) is 18.3 Å². The molecule has 24 heavy (non-hydrogen) atoms. The van der Waals surface area contributed by atoms with Gasteiger partial charge in [-0.05, 0) is 51.9 Å². The van der Waals surface area contributed by atoms with Crippen molar-refractivity contribution in [3.63, 3.8) is 0 Å². The largest absolute Gasteiger partial charge is 0.490 e. The first-order chi connectivity index (χ1) is 11.6. The Bertz CT molecular complexity index is 725. The molecule has 0 saturated carbocycles. The van der Waals surface area contributed by atoms with Crippen molar-refractivity contribution in [2.75, 3.05) is 26.2 Å². The number of hydrogen-bond acceptors (Lipinski definition) is 4. The molecule has 130 valence electrons. The predicted molar refractivity (Wildman–Crippen MR) is 93.7 cm³/mol. The molecule has 0 aromatic carbocycles. The van der Waals surface area contributed by atoms with E-state index in [9.17, 15) is 4.79 Å². The van der Waals surface area contributed by atoms with Crippen molar-refractivity contribution in [1.29, 1.82) is 0 Å². The Labute approximate surface area is 142 Å². The third kappa shape index (κ3) is 3.24.